The Kier molecular flexibility index (Phi) is 3.48. The Balaban J connectivity index is 1.47. The van der Waals surface area contributed by atoms with Crippen molar-refractivity contribution in [2.75, 3.05) is 20.0 Å². The minimum Gasteiger partial charge on any atom is -0.454 e. The van der Waals surface area contributed by atoms with Crippen LogP contribution in [0.5, 0.6) is 11.5 Å². The highest BCUT2D eigenvalue weighted by molar-refractivity contribution is 7.11. The molecule has 0 atom stereocenters. The molecule has 0 saturated heterocycles. The monoisotopic (exact) mass is 380 g/mol. The zero-order valence-electron chi connectivity index (χ0n) is 13.9. The Morgan fingerprint density at radius 3 is 3.11 bits per heavy atom. The Labute approximate surface area is 157 Å². The molecule has 2 amide bonds. The number of terminal acetylenes is 1. The van der Waals surface area contributed by atoms with Gasteiger partial charge in [0.15, 0.2) is 17.3 Å². The van der Waals surface area contributed by atoms with E-state index in [4.69, 9.17) is 15.9 Å². The number of nitrogens with zero attached hydrogens (tertiary/aromatic N) is 5. The van der Waals surface area contributed by atoms with Crippen molar-refractivity contribution < 1.29 is 14.3 Å². The number of hydrogen-bond acceptors (Lipinski definition) is 8. The molecule has 0 fully saturated rings. The Bertz CT molecular complexity index is 1050. The second kappa shape index (κ2) is 6.00. The van der Waals surface area contributed by atoms with Gasteiger partial charge in [-0.2, -0.15) is 5.01 Å². The number of carbonyl (C=O) groups excluding carboxylic acids is 1. The number of fused-ring (bicyclic) bond motifs is 2. The van der Waals surface area contributed by atoms with Crippen LogP contribution in [0.3, 0.4) is 0 Å². The maximum atomic E-state index is 12.4. The quantitative estimate of drug-likeness (QED) is 0.826. The fourth-order valence-electron chi connectivity index (χ4n) is 2.92. The Morgan fingerprint density at radius 1 is 1.33 bits per heavy atom. The molecule has 5 rings (SSSR count). The Hall–Kier alpha value is -3.58. The molecule has 0 aliphatic carbocycles. The molecule has 1 aromatic heterocycles. The number of amides is 2. The van der Waals surface area contributed by atoms with Gasteiger partial charge in [0.1, 0.15) is 17.2 Å². The van der Waals surface area contributed by atoms with Gasteiger partial charge >= 0.3 is 6.03 Å². The van der Waals surface area contributed by atoms with Crippen molar-refractivity contribution in [3.8, 4) is 35.1 Å². The van der Waals surface area contributed by atoms with E-state index in [1.165, 1.54) is 16.2 Å². The van der Waals surface area contributed by atoms with E-state index in [0.29, 0.717) is 23.9 Å². The lowest BCUT2D eigenvalue weighted by molar-refractivity contribution is 0.160. The van der Waals surface area contributed by atoms with Crippen LogP contribution in [-0.4, -0.2) is 40.9 Å². The summed E-state index contributed by atoms with van der Waals surface area (Å²) in [4.78, 5) is 18.6. The van der Waals surface area contributed by atoms with E-state index in [1.807, 2.05) is 23.6 Å². The van der Waals surface area contributed by atoms with Crippen LogP contribution in [0, 0.1) is 12.3 Å². The van der Waals surface area contributed by atoms with E-state index < -0.39 is 0 Å². The van der Waals surface area contributed by atoms with Crippen molar-refractivity contribution in [3.63, 3.8) is 0 Å². The molecule has 134 valence electrons. The maximum Gasteiger partial charge on any atom is 0.349 e. The van der Waals surface area contributed by atoms with Crippen molar-refractivity contribution in [2.24, 2.45) is 10.3 Å². The molecule has 27 heavy (non-hydrogen) atoms. The van der Waals surface area contributed by atoms with Gasteiger partial charge in [0, 0.05) is 10.9 Å². The van der Waals surface area contributed by atoms with Crippen LogP contribution in [0.25, 0.3) is 17.0 Å². The second-order valence-corrected chi connectivity index (χ2v) is 6.66. The van der Waals surface area contributed by atoms with Gasteiger partial charge in [-0.25, -0.2) is 9.78 Å². The fourth-order valence-corrected chi connectivity index (χ4v) is 3.76. The molecule has 0 radical (unpaired) electrons. The van der Waals surface area contributed by atoms with Crippen molar-refractivity contribution >= 4 is 23.1 Å². The number of benzene rings is 1. The van der Waals surface area contributed by atoms with E-state index >= 15 is 0 Å². The molecule has 1 N–H and O–H groups in total. The zero-order valence-corrected chi connectivity index (χ0v) is 14.7. The summed E-state index contributed by atoms with van der Waals surface area (Å²) >= 11 is 1.45. The molecule has 3 aliphatic rings. The molecule has 3 aliphatic heterocycles. The number of thiazole rings is 1. The topological polar surface area (TPSA) is 91.7 Å². The molecule has 2 aromatic rings. The van der Waals surface area contributed by atoms with E-state index in [2.05, 4.69) is 26.6 Å². The number of carbonyl (C=O) groups is 1. The first-order chi connectivity index (χ1) is 13.2. The summed E-state index contributed by atoms with van der Waals surface area (Å²) < 4.78 is 10.8. The van der Waals surface area contributed by atoms with E-state index in [9.17, 15) is 4.79 Å². The van der Waals surface area contributed by atoms with Crippen LogP contribution in [0.15, 0.2) is 39.7 Å². The smallest absolute Gasteiger partial charge is 0.349 e. The molecule has 10 heteroatoms. The number of hydrogen-bond donors (Lipinski definition) is 1. The molecular formula is C17H12N6O3S. The van der Waals surface area contributed by atoms with Crippen molar-refractivity contribution in [3.05, 3.63) is 34.4 Å². The third kappa shape index (κ3) is 2.48. The van der Waals surface area contributed by atoms with E-state index in [1.54, 1.807) is 0 Å². The third-order valence-corrected chi connectivity index (χ3v) is 5.08. The predicted octanol–water partition coefficient (Wildman–Crippen LogP) is 2.46. The van der Waals surface area contributed by atoms with Crippen molar-refractivity contribution in [2.45, 2.75) is 0 Å². The van der Waals surface area contributed by atoms with Gasteiger partial charge in [-0.1, -0.05) is 11.1 Å². The number of aromatic nitrogens is 1. The van der Waals surface area contributed by atoms with Crippen LogP contribution in [0.1, 0.15) is 5.01 Å². The lowest BCUT2D eigenvalue weighted by atomic mass is 10.1. The maximum absolute atomic E-state index is 12.4. The normalized spacial score (nSPS) is 17.2. The predicted molar refractivity (Wildman–Crippen MR) is 96.2 cm³/mol. The van der Waals surface area contributed by atoms with E-state index in [-0.39, 0.29) is 19.4 Å². The summed E-state index contributed by atoms with van der Waals surface area (Å²) in [5, 5.41) is 15.0. The molecule has 9 nitrogen and oxygen atoms in total. The average molecular weight is 380 g/mol. The SMILES string of the molecule is C#CCN1N=NC2=C(c3nc(-c4ccc5c(c4)OCO5)cs3)NCN2C1=O. The highest BCUT2D eigenvalue weighted by Gasteiger charge is 2.36. The summed E-state index contributed by atoms with van der Waals surface area (Å²) in [7, 11) is 0. The summed E-state index contributed by atoms with van der Waals surface area (Å²) in [6, 6.07) is 5.38. The fraction of sp³-hybridized carbons (Fsp3) is 0.176. The highest BCUT2D eigenvalue weighted by atomic mass is 32.1. The molecule has 4 heterocycles. The second-order valence-electron chi connectivity index (χ2n) is 5.80. The van der Waals surface area contributed by atoms with Crippen LogP contribution in [0.4, 0.5) is 4.79 Å². The van der Waals surface area contributed by atoms with Gasteiger partial charge in [-0.3, -0.25) is 4.90 Å². The first kappa shape index (κ1) is 15.7. The minimum atomic E-state index is -0.312. The van der Waals surface area contributed by atoms with Crippen molar-refractivity contribution in [1.29, 1.82) is 0 Å². The third-order valence-electron chi connectivity index (χ3n) is 4.22. The van der Waals surface area contributed by atoms with E-state index in [0.717, 1.165) is 27.0 Å². The molecule has 0 bridgehead atoms. The minimum absolute atomic E-state index is 0.0763. The first-order valence-electron chi connectivity index (χ1n) is 8.03. The van der Waals surface area contributed by atoms with Gasteiger partial charge in [0.05, 0.1) is 12.4 Å². The van der Waals surface area contributed by atoms with Crippen LogP contribution >= 0.6 is 11.3 Å². The van der Waals surface area contributed by atoms with Gasteiger partial charge < -0.3 is 14.8 Å². The number of urea groups is 1. The number of ether oxygens (including phenoxy) is 2. The van der Waals surface area contributed by atoms with Crippen LogP contribution in [-0.2, 0) is 0 Å². The lowest BCUT2D eigenvalue weighted by Crippen LogP contribution is -2.42. The first-order valence-corrected chi connectivity index (χ1v) is 8.91. The molecule has 1 aromatic carbocycles. The number of rotatable bonds is 3. The summed E-state index contributed by atoms with van der Waals surface area (Å²) in [6.07, 6.45) is 5.25. The van der Waals surface area contributed by atoms with Gasteiger partial charge in [0.25, 0.3) is 0 Å². The summed E-state index contributed by atoms with van der Waals surface area (Å²) in [5.41, 5.74) is 2.39. The highest BCUT2D eigenvalue weighted by Crippen LogP contribution is 2.37. The molecule has 0 spiro atoms. The molecule has 0 saturated carbocycles. The number of nitrogens with one attached hydrogen (secondary N) is 1. The average Bonchev–Trinajstić information content (AvgIpc) is 3.42. The van der Waals surface area contributed by atoms with Crippen LogP contribution in [0.2, 0.25) is 0 Å². The van der Waals surface area contributed by atoms with Gasteiger partial charge in [0.2, 0.25) is 6.79 Å². The van der Waals surface area contributed by atoms with Gasteiger partial charge in [-0.15, -0.1) is 22.9 Å². The standard InChI is InChI=1S/C17H12N6O3S/c1-2-5-23-17(24)22-8-18-14(15(22)20-21-23)16-19-11(7-27-16)10-3-4-12-13(6-10)26-9-25-12/h1,3-4,6-7,18H,5,8-9H2. The zero-order chi connectivity index (χ0) is 18.4. The largest absolute Gasteiger partial charge is 0.454 e. The Morgan fingerprint density at radius 2 is 2.22 bits per heavy atom. The molecule has 0 unspecified atom stereocenters. The lowest BCUT2D eigenvalue weighted by Gasteiger charge is -2.24. The summed E-state index contributed by atoms with van der Waals surface area (Å²) in [6.45, 7) is 0.600. The summed E-state index contributed by atoms with van der Waals surface area (Å²) in [5.74, 6) is 4.26. The molecular weight excluding hydrogens is 368 g/mol. The van der Waals surface area contributed by atoms with Crippen LogP contribution < -0.4 is 14.8 Å². The van der Waals surface area contributed by atoms with Crippen molar-refractivity contribution in [1.82, 2.24) is 20.2 Å². The van der Waals surface area contributed by atoms with Gasteiger partial charge in [-0.05, 0) is 18.2 Å².